The summed E-state index contributed by atoms with van der Waals surface area (Å²) in [5.74, 6) is -0.0980. The second-order valence-electron chi connectivity index (χ2n) is 2.53. The van der Waals surface area contributed by atoms with E-state index in [1.165, 1.54) is 0 Å². The highest BCUT2D eigenvalue weighted by Gasteiger charge is 2.49. The van der Waals surface area contributed by atoms with Crippen molar-refractivity contribution in [3.8, 4) is 0 Å². The maximum atomic E-state index is 10.6. The minimum Gasteiger partial charge on any atom is -0.461 e. The standard InChI is InChI=1S/C6H6O3/c7-3-1-4-5(2-3)9-6(4)8/h4-5H,1-2H2/t4-,5+/m1/s1. The molecule has 1 heterocycles. The minimum absolute atomic E-state index is 0.0509. The smallest absolute Gasteiger partial charge is 0.313 e. The van der Waals surface area contributed by atoms with Crippen molar-refractivity contribution in [2.24, 2.45) is 5.92 Å². The van der Waals surface area contributed by atoms with Crippen LogP contribution in [0.2, 0.25) is 0 Å². The summed E-state index contributed by atoms with van der Waals surface area (Å²) in [5, 5.41) is 0. The highest BCUT2D eigenvalue weighted by Crippen LogP contribution is 2.34. The summed E-state index contributed by atoms with van der Waals surface area (Å²) in [7, 11) is 0. The monoisotopic (exact) mass is 126 g/mol. The number of rotatable bonds is 0. The molecule has 2 fully saturated rings. The Morgan fingerprint density at radius 2 is 2.11 bits per heavy atom. The Hall–Kier alpha value is -0.860. The van der Waals surface area contributed by atoms with Crippen LogP contribution in [0.3, 0.4) is 0 Å². The molecule has 0 aromatic carbocycles. The summed E-state index contributed by atoms with van der Waals surface area (Å²) in [5.41, 5.74) is 0. The van der Waals surface area contributed by atoms with Crippen LogP contribution in [0.25, 0.3) is 0 Å². The predicted octanol–water partition coefficient (Wildman–Crippen LogP) is -0.109. The van der Waals surface area contributed by atoms with Gasteiger partial charge in [0.25, 0.3) is 0 Å². The van der Waals surface area contributed by atoms with Crippen molar-refractivity contribution in [1.29, 1.82) is 0 Å². The molecule has 0 radical (unpaired) electrons. The first kappa shape index (κ1) is 4.97. The molecule has 3 nitrogen and oxygen atoms in total. The average molecular weight is 126 g/mol. The van der Waals surface area contributed by atoms with E-state index in [2.05, 4.69) is 4.74 Å². The van der Waals surface area contributed by atoms with E-state index >= 15 is 0 Å². The summed E-state index contributed by atoms with van der Waals surface area (Å²) in [4.78, 5) is 21.1. The van der Waals surface area contributed by atoms with Gasteiger partial charge in [0.2, 0.25) is 0 Å². The Balaban J connectivity index is 2.16. The molecule has 1 aliphatic heterocycles. The molecule has 0 N–H and O–H groups in total. The maximum Gasteiger partial charge on any atom is 0.313 e. The summed E-state index contributed by atoms with van der Waals surface area (Å²) < 4.78 is 4.67. The SMILES string of the molecule is O=C1C[C@@H]2OC(=O)[C@@H]2C1. The van der Waals surface area contributed by atoms with Crippen LogP contribution in [0, 0.1) is 5.92 Å². The summed E-state index contributed by atoms with van der Waals surface area (Å²) in [6, 6.07) is 0. The van der Waals surface area contributed by atoms with Gasteiger partial charge in [-0.1, -0.05) is 0 Å². The van der Waals surface area contributed by atoms with Gasteiger partial charge in [0.15, 0.2) is 0 Å². The van der Waals surface area contributed by atoms with Gasteiger partial charge in [0.05, 0.1) is 0 Å². The van der Waals surface area contributed by atoms with Gasteiger partial charge in [-0.2, -0.15) is 0 Å². The molecule has 0 aromatic heterocycles. The molecule has 1 saturated heterocycles. The van der Waals surface area contributed by atoms with E-state index in [0.29, 0.717) is 12.8 Å². The Labute approximate surface area is 52.0 Å². The predicted molar refractivity (Wildman–Crippen MR) is 27.6 cm³/mol. The normalized spacial score (nSPS) is 39.6. The topological polar surface area (TPSA) is 43.4 Å². The van der Waals surface area contributed by atoms with Crippen LogP contribution in [-0.4, -0.2) is 17.9 Å². The summed E-state index contributed by atoms with van der Waals surface area (Å²) >= 11 is 0. The van der Waals surface area contributed by atoms with E-state index in [9.17, 15) is 9.59 Å². The fourth-order valence-corrected chi connectivity index (χ4v) is 1.35. The highest BCUT2D eigenvalue weighted by molar-refractivity contribution is 5.93. The van der Waals surface area contributed by atoms with Crippen molar-refractivity contribution in [2.45, 2.75) is 18.9 Å². The minimum atomic E-state index is -0.189. The van der Waals surface area contributed by atoms with Gasteiger partial charge in [-0.05, 0) is 0 Å². The van der Waals surface area contributed by atoms with Crippen LogP contribution >= 0.6 is 0 Å². The van der Waals surface area contributed by atoms with Gasteiger partial charge < -0.3 is 4.74 Å². The quantitative estimate of drug-likeness (QED) is 0.425. The molecule has 0 spiro atoms. The summed E-state index contributed by atoms with van der Waals surface area (Å²) in [6.45, 7) is 0. The number of ether oxygens (including phenoxy) is 1. The Kier molecular flexibility index (Phi) is 0.743. The third-order valence-electron chi connectivity index (χ3n) is 1.90. The lowest BCUT2D eigenvalue weighted by atomic mass is 10.0. The molecule has 0 aromatic rings. The number of fused-ring (bicyclic) bond motifs is 1. The van der Waals surface area contributed by atoms with Gasteiger partial charge in [-0.3, -0.25) is 9.59 Å². The third-order valence-corrected chi connectivity index (χ3v) is 1.90. The third kappa shape index (κ3) is 0.515. The Morgan fingerprint density at radius 1 is 1.33 bits per heavy atom. The molecular formula is C6H6O3. The van der Waals surface area contributed by atoms with Crippen LogP contribution in [0.5, 0.6) is 0 Å². The highest BCUT2D eigenvalue weighted by atomic mass is 16.6. The first-order chi connectivity index (χ1) is 4.27. The second-order valence-corrected chi connectivity index (χ2v) is 2.53. The zero-order chi connectivity index (χ0) is 6.43. The molecule has 48 valence electrons. The van der Waals surface area contributed by atoms with Crippen LogP contribution in [0.15, 0.2) is 0 Å². The first-order valence-corrected chi connectivity index (χ1v) is 2.99. The van der Waals surface area contributed by atoms with E-state index in [1.54, 1.807) is 0 Å². The number of hydrogen-bond donors (Lipinski definition) is 0. The van der Waals surface area contributed by atoms with E-state index in [1.807, 2.05) is 0 Å². The van der Waals surface area contributed by atoms with Gasteiger partial charge in [0.1, 0.15) is 17.8 Å². The zero-order valence-corrected chi connectivity index (χ0v) is 4.79. The number of Topliss-reactive ketones (excluding diaryl/α,β-unsaturated/α-hetero) is 1. The number of hydrogen-bond acceptors (Lipinski definition) is 3. The lowest BCUT2D eigenvalue weighted by Gasteiger charge is -2.27. The van der Waals surface area contributed by atoms with Gasteiger partial charge >= 0.3 is 5.97 Å². The first-order valence-electron chi connectivity index (χ1n) is 2.99. The number of ketones is 1. The Bertz CT molecular complexity index is 183. The van der Waals surface area contributed by atoms with Gasteiger partial charge in [0, 0.05) is 12.8 Å². The summed E-state index contributed by atoms with van der Waals surface area (Å²) in [6.07, 6.45) is 0.824. The van der Waals surface area contributed by atoms with Crippen molar-refractivity contribution in [2.75, 3.05) is 0 Å². The van der Waals surface area contributed by atoms with Crippen molar-refractivity contribution in [1.82, 2.24) is 0 Å². The van der Waals surface area contributed by atoms with E-state index in [0.717, 1.165) is 0 Å². The van der Waals surface area contributed by atoms with E-state index < -0.39 is 0 Å². The lowest BCUT2D eigenvalue weighted by Crippen LogP contribution is -2.40. The van der Waals surface area contributed by atoms with Crippen molar-refractivity contribution in [3.05, 3.63) is 0 Å². The zero-order valence-electron chi connectivity index (χ0n) is 4.79. The molecule has 0 amide bonds. The van der Waals surface area contributed by atoms with Crippen molar-refractivity contribution < 1.29 is 14.3 Å². The molecule has 0 unspecified atom stereocenters. The van der Waals surface area contributed by atoms with Crippen molar-refractivity contribution >= 4 is 11.8 Å². The fraction of sp³-hybridized carbons (Fsp3) is 0.667. The lowest BCUT2D eigenvalue weighted by molar-refractivity contribution is -0.179. The van der Waals surface area contributed by atoms with Gasteiger partial charge in [-0.25, -0.2) is 0 Å². The average Bonchev–Trinajstić information content (AvgIpc) is 2.08. The molecular weight excluding hydrogens is 120 g/mol. The Morgan fingerprint density at radius 3 is 2.56 bits per heavy atom. The molecule has 2 rings (SSSR count). The van der Waals surface area contributed by atoms with E-state index in [-0.39, 0.29) is 23.8 Å². The van der Waals surface area contributed by atoms with Crippen LogP contribution in [0.4, 0.5) is 0 Å². The fourth-order valence-electron chi connectivity index (χ4n) is 1.35. The van der Waals surface area contributed by atoms with Crippen LogP contribution < -0.4 is 0 Å². The maximum absolute atomic E-state index is 10.6. The number of carbonyl (C=O) groups is 2. The van der Waals surface area contributed by atoms with Gasteiger partial charge in [-0.15, -0.1) is 0 Å². The van der Waals surface area contributed by atoms with E-state index in [4.69, 9.17) is 0 Å². The molecule has 3 heteroatoms. The molecule has 1 aliphatic carbocycles. The molecule has 2 aliphatic rings. The molecule has 1 saturated carbocycles. The number of esters is 1. The largest absolute Gasteiger partial charge is 0.461 e. The second kappa shape index (κ2) is 1.35. The van der Waals surface area contributed by atoms with Crippen LogP contribution in [0.1, 0.15) is 12.8 Å². The number of carbonyl (C=O) groups excluding carboxylic acids is 2. The molecule has 0 bridgehead atoms. The molecule has 2 atom stereocenters. The van der Waals surface area contributed by atoms with Crippen LogP contribution in [-0.2, 0) is 14.3 Å². The molecule has 9 heavy (non-hydrogen) atoms. The van der Waals surface area contributed by atoms with Crippen molar-refractivity contribution in [3.63, 3.8) is 0 Å².